The van der Waals surface area contributed by atoms with Gasteiger partial charge in [-0.2, -0.15) is 0 Å². The molecule has 0 bridgehead atoms. The monoisotopic (exact) mass is 283 g/mol. The third-order valence-electron chi connectivity index (χ3n) is 2.23. The van der Waals surface area contributed by atoms with Gasteiger partial charge in [-0.25, -0.2) is 18.1 Å². The number of aromatic nitrogens is 2. The third kappa shape index (κ3) is 3.04. The molecule has 0 radical (unpaired) electrons. The Morgan fingerprint density at radius 1 is 1.17 bits per heavy atom. The second-order valence-electron chi connectivity index (χ2n) is 3.47. The van der Waals surface area contributed by atoms with Crippen LogP contribution in [0.1, 0.15) is 5.56 Å². The lowest BCUT2D eigenvalue weighted by Crippen LogP contribution is -2.23. The summed E-state index contributed by atoms with van der Waals surface area (Å²) in [5, 5.41) is -0.0419. The van der Waals surface area contributed by atoms with Gasteiger partial charge in [0.25, 0.3) is 0 Å². The summed E-state index contributed by atoms with van der Waals surface area (Å²) in [6.07, 6.45) is 4.63. The molecule has 2 heterocycles. The van der Waals surface area contributed by atoms with Crippen molar-refractivity contribution in [2.24, 2.45) is 0 Å². The normalized spacial score (nSPS) is 11.4. The molecule has 0 aromatic carbocycles. The standard InChI is InChI=1S/C11H10ClN3O2S/c12-11-10(2-1-5-14-11)18(16,17)15-8-9-3-6-13-7-4-9/h1-7,15H,8H2. The molecule has 0 aliphatic rings. The van der Waals surface area contributed by atoms with Gasteiger partial charge in [0.05, 0.1) is 0 Å². The van der Waals surface area contributed by atoms with Crippen LogP contribution in [0.2, 0.25) is 5.15 Å². The Morgan fingerprint density at radius 3 is 2.56 bits per heavy atom. The number of rotatable bonds is 4. The third-order valence-corrected chi connectivity index (χ3v) is 4.08. The van der Waals surface area contributed by atoms with E-state index in [1.165, 1.54) is 18.3 Å². The van der Waals surface area contributed by atoms with Crippen molar-refractivity contribution >= 4 is 21.6 Å². The molecule has 2 rings (SSSR count). The molecule has 94 valence electrons. The fourth-order valence-electron chi connectivity index (χ4n) is 1.33. The summed E-state index contributed by atoms with van der Waals surface area (Å²) in [6.45, 7) is 0.177. The Hall–Kier alpha value is -1.50. The molecule has 0 aliphatic carbocycles. The van der Waals surface area contributed by atoms with Crippen LogP contribution in [-0.2, 0) is 16.6 Å². The average Bonchev–Trinajstić information content (AvgIpc) is 2.38. The topological polar surface area (TPSA) is 72.0 Å². The van der Waals surface area contributed by atoms with Gasteiger partial charge in [0.2, 0.25) is 10.0 Å². The summed E-state index contributed by atoms with van der Waals surface area (Å²) < 4.78 is 26.4. The summed E-state index contributed by atoms with van der Waals surface area (Å²) in [4.78, 5) is 7.56. The van der Waals surface area contributed by atoms with E-state index in [-0.39, 0.29) is 16.6 Å². The van der Waals surface area contributed by atoms with Crippen LogP contribution in [0, 0.1) is 0 Å². The van der Waals surface area contributed by atoms with Gasteiger partial charge >= 0.3 is 0 Å². The summed E-state index contributed by atoms with van der Waals surface area (Å²) in [5.41, 5.74) is 0.814. The predicted octanol–water partition coefficient (Wildman–Crippen LogP) is 1.61. The summed E-state index contributed by atoms with van der Waals surface area (Å²) in [6, 6.07) is 6.39. The number of pyridine rings is 2. The summed E-state index contributed by atoms with van der Waals surface area (Å²) >= 11 is 5.75. The number of nitrogens with zero attached hydrogens (tertiary/aromatic N) is 2. The fraction of sp³-hybridized carbons (Fsp3) is 0.0909. The predicted molar refractivity (Wildman–Crippen MR) is 67.5 cm³/mol. The maximum Gasteiger partial charge on any atom is 0.243 e. The maximum atomic E-state index is 12.0. The van der Waals surface area contributed by atoms with Crippen LogP contribution in [0.15, 0.2) is 47.8 Å². The maximum absolute atomic E-state index is 12.0. The van der Waals surface area contributed by atoms with Crippen LogP contribution in [0.4, 0.5) is 0 Å². The SMILES string of the molecule is O=S(=O)(NCc1ccncc1)c1cccnc1Cl. The highest BCUT2D eigenvalue weighted by Crippen LogP contribution is 2.17. The summed E-state index contributed by atoms with van der Waals surface area (Å²) in [5.74, 6) is 0. The van der Waals surface area contributed by atoms with Crippen LogP contribution in [-0.4, -0.2) is 18.4 Å². The van der Waals surface area contributed by atoms with Crippen molar-refractivity contribution in [3.8, 4) is 0 Å². The molecule has 0 amide bonds. The van der Waals surface area contributed by atoms with Gasteiger partial charge < -0.3 is 0 Å². The van der Waals surface area contributed by atoms with Crippen LogP contribution >= 0.6 is 11.6 Å². The summed E-state index contributed by atoms with van der Waals surface area (Å²) in [7, 11) is -3.65. The van der Waals surface area contributed by atoms with Crippen molar-refractivity contribution in [2.45, 2.75) is 11.4 Å². The minimum atomic E-state index is -3.65. The Labute approximate surface area is 110 Å². The molecule has 0 atom stereocenters. The first kappa shape index (κ1) is 12.9. The molecule has 0 saturated heterocycles. The van der Waals surface area contributed by atoms with E-state index >= 15 is 0 Å². The molecule has 0 unspecified atom stereocenters. The second-order valence-corrected chi connectivity index (χ2v) is 5.57. The highest BCUT2D eigenvalue weighted by Gasteiger charge is 2.17. The Balaban J connectivity index is 2.16. The van der Waals surface area contributed by atoms with Gasteiger partial charge in [-0.1, -0.05) is 11.6 Å². The van der Waals surface area contributed by atoms with Crippen LogP contribution in [0.25, 0.3) is 0 Å². The van der Waals surface area contributed by atoms with Crippen molar-refractivity contribution in [3.63, 3.8) is 0 Å². The molecule has 0 aliphatic heterocycles. The van der Waals surface area contributed by atoms with E-state index < -0.39 is 10.0 Å². The van der Waals surface area contributed by atoms with Crippen molar-refractivity contribution in [3.05, 3.63) is 53.6 Å². The largest absolute Gasteiger partial charge is 0.265 e. The number of nitrogens with one attached hydrogen (secondary N) is 1. The van der Waals surface area contributed by atoms with Crippen molar-refractivity contribution in [1.29, 1.82) is 0 Å². The lowest BCUT2D eigenvalue weighted by atomic mass is 10.3. The van der Waals surface area contributed by atoms with E-state index in [4.69, 9.17) is 11.6 Å². The second kappa shape index (κ2) is 5.43. The zero-order chi connectivity index (χ0) is 13.0. The smallest absolute Gasteiger partial charge is 0.243 e. The molecule has 0 fully saturated rings. The molecule has 5 nitrogen and oxygen atoms in total. The first-order chi connectivity index (χ1) is 8.59. The first-order valence-corrected chi connectivity index (χ1v) is 6.95. The zero-order valence-electron chi connectivity index (χ0n) is 9.25. The molecule has 2 aromatic rings. The van der Waals surface area contributed by atoms with Gasteiger partial charge in [-0.05, 0) is 29.8 Å². The molecule has 18 heavy (non-hydrogen) atoms. The fourth-order valence-corrected chi connectivity index (χ4v) is 2.80. The molecule has 0 saturated carbocycles. The van der Waals surface area contributed by atoms with E-state index in [0.29, 0.717) is 0 Å². The molecular weight excluding hydrogens is 274 g/mol. The van der Waals surface area contributed by atoms with E-state index in [2.05, 4.69) is 14.7 Å². The Bertz CT molecular complexity index is 632. The van der Waals surface area contributed by atoms with Gasteiger partial charge in [0.1, 0.15) is 10.0 Å². The van der Waals surface area contributed by atoms with Crippen LogP contribution in [0.5, 0.6) is 0 Å². The minimum Gasteiger partial charge on any atom is -0.265 e. The lowest BCUT2D eigenvalue weighted by Gasteiger charge is -2.07. The van der Waals surface area contributed by atoms with Crippen LogP contribution < -0.4 is 4.72 Å². The number of halogens is 1. The number of hydrogen-bond donors (Lipinski definition) is 1. The highest BCUT2D eigenvalue weighted by molar-refractivity contribution is 7.89. The quantitative estimate of drug-likeness (QED) is 0.865. The van der Waals surface area contributed by atoms with E-state index in [9.17, 15) is 8.42 Å². The van der Waals surface area contributed by atoms with Crippen molar-refractivity contribution in [1.82, 2.24) is 14.7 Å². The molecule has 0 spiro atoms. The van der Waals surface area contributed by atoms with Gasteiger partial charge in [0, 0.05) is 25.1 Å². The van der Waals surface area contributed by atoms with E-state index in [1.807, 2.05) is 0 Å². The van der Waals surface area contributed by atoms with Crippen LogP contribution in [0.3, 0.4) is 0 Å². The van der Waals surface area contributed by atoms with E-state index in [0.717, 1.165) is 5.56 Å². The van der Waals surface area contributed by atoms with Crippen molar-refractivity contribution in [2.75, 3.05) is 0 Å². The minimum absolute atomic E-state index is 0.0271. The first-order valence-electron chi connectivity index (χ1n) is 5.09. The van der Waals surface area contributed by atoms with Gasteiger partial charge in [0.15, 0.2) is 0 Å². The van der Waals surface area contributed by atoms with Crippen molar-refractivity contribution < 1.29 is 8.42 Å². The Morgan fingerprint density at radius 2 is 1.89 bits per heavy atom. The number of sulfonamides is 1. The highest BCUT2D eigenvalue weighted by atomic mass is 35.5. The average molecular weight is 284 g/mol. The van der Waals surface area contributed by atoms with Gasteiger partial charge in [-0.3, -0.25) is 4.98 Å². The lowest BCUT2D eigenvalue weighted by molar-refractivity contribution is 0.581. The molecule has 1 N–H and O–H groups in total. The van der Waals surface area contributed by atoms with Gasteiger partial charge in [-0.15, -0.1) is 0 Å². The molecular formula is C11H10ClN3O2S. The zero-order valence-corrected chi connectivity index (χ0v) is 10.8. The Kier molecular flexibility index (Phi) is 3.90. The number of hydrogen-bond acceptors (Lipinski definition) is 4. The molecule has 2 aromatic heterocycles. The van der Waals surface area contributed by atoms with E-state index in [1.54, 1.807) is 24.5 Å². The molecule has 7 heteroatoms.